The summed E-state index contributed by atoms with van der Waals surface area (Å²) >= 11 is 18.6. The third-order valence-electron chi connectivity index (χ3n) is 2.36. The molecule has 1 aromatic carbocycles. The van der Waals surface area contributed by atoms with Gasteiger partial charge in [0.2, 0.25) is 0 Å². The van der Waals surface area contributed by atoms with E-state index in [2.05, 4.69) is 60.8 Å². The molecule has 1 atom stereocenters. The van der Waals surface area contributed by atoms with Gasteiger partial charge in [-0.15, -0.1) is 11.3 Å². The van der Waals surface area contributed by atoms with Gasteiger partial charge in [-0.05, 0) is 52.7 Å². The zero-order valence-electron chi connectivity index (χ0n) is 8.81. The highest BCUT2D eigenvalue weighted by atomic mass is 79.9. The normalized spacial score (nSPS) is 12.8. The maximum Gasteiger partial charge on any atom is 0.0749 e. The largest absolute Gasteiger partial charge is 0.143 e. The quantitative estimate of drug-likeness (QED) is 0.438. The summed E-state index contributed by atoms with van der Waals surface area (Å²) < 4.78 is 2.21. The number of thiophene rings is 1. The highest BCUT2D eigenvalue weighted by Crippen LogP contribution is 2.41. The van der Waals surface area contributed by atoms with E-state index in [9.17, 15) is 0 Å². The molecule has 0 bridgehead atoms. The highest BCUT2D eigenvalue weighted by molar-refractivity contribution is 9.11. The molecule has 0 saturated carbocycles. The first-order valence-electron chi connectivity index (χ1n) is 4.84. The van der Waals surface area contributed by atoms with Gasteiger partial charge in [0.25, 0.3) is 0 Å². The Morgan fingerprint density at radius 1 is 1.18 bits per heavy atom. The summed E-state index contributed by atoms with van der Waals surface area (Å²) in [7, 11) is 0. The molecule has 2 rings (SSSR count). The molecule has 1 unspecified atom stereocenters. The molecule has 0 amide bonds. The smallest absolute Gasteiger partial charge is 0.0749 e. The molecule has 0 spiro atoms. The predicted octanol–water partition coefficient (Wildman–Crippen LogP) is 6.72. The van der Waals surface area contributed by atoms with Crippen LogP contribution in [0.3, 0.4) is 0 Å². The van der Waals surface area contributed by atoms with Crippen molar-refractivity contribution in [1.29, 1.82) is 0 Å². The molecule has 90 valence electrons. The van der Waals surface area contributed by atoms with Gasteiger partial charge in [0.15, 0.2) is 0 Å². The number of hydrogen-bond donors (Lipinski definition) is 0. The van der Waals surface area contributed by atoms with Crippen molar-refractivity contribution in [2.45, 2.75) is 11.8 Å². The fraction of sp³-hybridized carbons (Fsp3) is 0.167. The molecule has 0 fully saturated rings. The zero-order chi connectivity index (χ0) is 12.6. The number of benzene rings is 1. The Morgan fingerprint density at radius 3 is 2.47 bits per heavy atom. The van der Waals surface area contributed by atoms with Crippen molar-refractivity contribution >= 4 is 70.7 Å². The Labute approximate surface area is 135 Å². The van der Waals surface area contributed by atoms with Gasteiger partial charge < -0.3 is 0 Å². The van der Waals surface area contributed by atoms with Crippen molar-refractivity contribution in [1.82, 2.24) is 0 Å². The minimum Gasteiger partial charge on any atom is -0.143 e. The fourth-order valence-corrected chi connectivity index (χ4v) is 4.78. The Balaban J connectivity index is 2.42. The van der Waals surface area contributed by atoms with E-state index in [1.54, 1.807) is 11.3 Å². The molecule has 0 aliphatic rings. The van der Waals surface area contributed by atoms with Crippen LogP contribution in [0.25, 0.3) is 0 Å². The average Bonchev–Trinajstić information content (AvgIpc) is 2.62. The summed E-state index contributed by atoms with van der Waals surface area (Å²) in [6.07, 6.45) is 0. The number of hydrogen-bond acceptors (Lipinski definition) is 1. The maximum absolute atomic E-state index is 6.04. The van der Waals surface area contributed by atoms with Gasteiger partial charge in [0.1, 0.15) is 0 Å². The fourth-order valence-electron chi connectivity index (χ4n) is 1.47. The van der Waals surface area contributed by atoms with Gasteiger partial charge in [-0.2, -0.15) is 0 Å². The van der Waals surface area contributed by atoms with Crippen molar-refractivity contribution in [3.8, 4) is 0 Å². The Hall–Kier alpha value is 0.650. The van der Waals surface area contributed by atoms with Crippen molar-refractivity contribution < 1.29 is 0 Å². The zero-order valence-corrected chi connectivity index (χ0v) is 15.1. The van der Waals surface area contributed by atoms with E-state index >= 15 is 0 Å². The second kappa shape index (κ2) is 5.74. The lowest BCUT2D eigenvalue weighted by molar-refractivity contribution is 1.21. The van der Waals surface area contributed by atoms with Crippen LogP contribution in [-0.4, -0.2) is 0 Å². The van der Waals surface area contributed by atoms with Crippen molar-refractivity contribution in [3.63, 3.8) is 0 Å². The highest BCUT2D eigenvalue weighted by Gasteiger charge is 2.17. The van der Waals surface area contributed by atoms with E-state index in [1.165, 1.54) is 9.75 Å². The third kappa shape index (κ3) is 3.16. The van der Waals surface area contributed by atoms with Crippen molar-refractivity contribution in [3.05, 3.63) is 53.6 Å². The predicted molar refractivity (Wildman–Crippen MR) is 86.7 cm³/mol. The van der Waals surface area contributed by atoms with Gasteiger partial charge in [-0.25, -0.2) is 0 Å². The monoisotopic (exact) mass is 456 g/mol. The summed E-state index contributed by atoms with van der Waals surface area (Å²) in [5, 5.41) is 0.750. The number of aryl methyl sites for hydroxylation is 1. The topological polar surface area (TPSA) is 0 Å². The van der Waals surface area contributed by atoms with Crippen LogP contribution in [0.5, 0.6) is 0 Å². The third-order valence-corrected chi connectivity index (χ3v) is 6.81. The molecule has 1 heterocycles. The first-order chi connectivity index (χ1) is 7.99. The molecule has 0 aliphatic heterocycles. The van der Waals surface area contributed by atoms with Crippen molar-refractivity contribution in [2.24, 2.45) is 0 Å². The standard InChI is InChI=1S/C12H8Br3ClS/c1-6-10(14)5-11(17-6)12(15)8-4-7(16)2-3-9(8)13/h2-5,12H,1H3. The average molecular weight is 459 g/mol. The van der Waals surface area contributed by atoms with Crippen LogP contribution < -0.4 is 0 Å². The van der Waals surface area contributed by atoms with Crippen LogP contribution in [0, 0.1) is 6.92 Å². The molecule has 0 saturated heterocycles. The SMILES string of the molecule is Cc1sc(C(Br)c2cc(Cl)ccc2Br)cc1Br. The molecule has 0 nitrogen and oxygen atoms in total. The van der Waals surface area contributed by atoms with Crippen LogP contribution in [-0.2, 0) is 0 Å². The minimum atomic E-state index is 0.158. The van der Waals surface area contributed by atoms with E-state index in [1.807, 2.05) is 18.2 Å². The lowest BCUT2D eigenvalue weighted by Crippen LogP contribution is -1.91. The summed E-state index contributed by atoms with van der Waals surface area (Å²) in [6, 6.07) is 7.98. The van der Waals surface area contributed by atoms with Gasteiger partial charge >= 0.3 is 0 Å². The van der Waals surface area contributed by atoms with Crippen LogP contribution in [0.15, 0.2) is 33.2 Å². The van der Waals surface area contributed by atoms with Crippen LogP contribution in [0.2, 0.25) is 5.02 Å². The molecular weight excluding hydrogens is 451 g/mol. The molecular formula is C12H8Br3ClS. The molecule has 0 radical (unpaired) electrons. The van der Waals surface area contributed by atoms with Gasteiger partial charge in [-0.3, -0.25) is 0 Å². The van der Waals surface area contributed by atoms with Crippen LogP contribution in [0.4, 0.5) is 0 Å². The number of alkyl halides is 1. The van der Waals surface area contributed by atoms with E-state index in [0.29, 0.717) is 0 Å². The molecule has 5 heteroatoms. The molecule has 2 aromatic rings. The molecule has 17 heavy (non-hydrogen) atoms. The second-order valence-corrected chi connectivity index (χ2v) is 7.93. The summed E-state index contributed by atoms with van der Waals surface area (Å²) in [5.74, 6) is 0. The second-order valence-electron chi connectivity index (χ2n) is 3.58. The molecule has 0 aliphatic carbocycles. The minimum absolute atomic E-state index is 0.158. The summed E-state index contributed by atoms with van der Waals surface area (Å²) in [4.78, 5) is 2.70. The summed E-state index contributed by atoms with van der Waals surface area (Å²) in [6.45, 7) is 2.10. The first kappa shape index (κ1) is 14.1. The molecule has 0 N–H and O–H groups in total. The molecule has 1 aromatic heterocycles. The Bertz CT molecular complexity index is 531. The van der Waals surface area contributed by atoms with Crippen LogP contribution >= 0.6 is 70.7 Å². The van der Waals surface area contributed by atoms with E-state index in [-0.39, 0.29) is 4.83 Å². The van der Waals surface area contributed by atoms with E-state index in [4.69, 9.17) is 11.6 Å². The number of halogens is 4. The Kier molecular flexibility index (Phi) is 4.75. The van der Waals surface area contributed by atoms with E-state index < -0.39 is 0 Å². The van der Waals surface area contributed by atoms with Gasteiger partial charge in [-0.1, -0.05) is 43.5 Å². The summed E-state index contributed by atoms with van der Waals surface area (Å²) in [5.41, 5.74) is 1.14. The van der Waals surface area contributed by atoms with E-state index in [0.717, 1.165) is 19.5 Å². The lowest BCUT2D eigenvalue weighted by atomic mass is 10.1. The lowest BCUT2D eigenvalue weighted by Gasteiger charge is -2.10. The maximum atomic E-state index is 6.04. The Morgan fingerprint density at radius 2 is 1.88 bits per heavy atom. The number of rotatable bonds is 2. The first-order valence-corrected chi connectivity index (χ1v) is 8.53. The van der Waals surface area contributed by atoms with Gasteiger partial charge in [0.05, 0.1) is 4.83 Å². The van der Waals surface area contributed by atoms with Crippen molar-refractivity contribution in [2.75, 3.05) is 0 Å². The van der Waals surface area contributed by atoms with Crippen LogP contribution in [0.1, 0.15) is 20.1 Å². The van der Waals surface area contributed by atoms with Gasteiger partial charge in [0, 0.05) is 23.7 Å².